The third kappa shape index (κ3) is 9.49. The van der Waals surface area contributed by atoms with Crippen molar-refractivity contribution in [3.63, 3.8) is 0 Å². The summed E-state index contributed by atoms with van der Waals surface area (Å²) in [5, 5.41) is 9.91. The molecule has 2 fully saturated rings. The van der Waals surface area contributed by atoms with Crippen LogP contribution in [0.1, 0.15) is 66.1 Å². The highest BCUT2D eigenvalue weighted by molar-refractivity contribution is 7.84. The molecule has 0 saturated carbocycles. The van der Waals surface area contributed by atoms with Crippen molar-refractivity contribution in [2.45, 2.75) is 48.6 Å². The normalized spacial score (nSPS) is 18.6. The minimum absolute atomic E-state index is 0.0477. The predicted octanol–water partition coefficient (Wildman–Crippen LogP) is 7.91. The summed E-state index contributed by atoms with van der Waals surface area (Å²) in [6.45, 7) is 0.747. The van der Waals surface area contributed by atoms with Crippen molar-refractivity contribution >= 4 is 46.7 Å². The van der Waals surface area contributed by atoms with Gasteiger partial charge in [0.15, 0.2) is 0 Å². The van der Waals surface area contributed by atoms with Crippen LogP contribution in [-0.4, -0.2) is 96.6 Å². The zero-order chi connectivity index (χ0) is 44.7. The van der Waals surface area contributed by atoms with E-state index in [9.17, 15) is 18.6 Å². The molecule has 0 aliphatic carbocycles. The Morgan fingerprint density at radius 1 is 0.859 bits per heavy atom. The summed E-state index contributed by atoms with van der Waals surface area (Å²) in [6.07, 6.45) is 5.27. The molecule has 15 nitrogen and oxygen atoms in total. The number of aromatic nitrogens is 4. The number of ether oxygens (including phenoxy) is 1. The van der Waals surface area contributed by atoms with Gasteiger partial charge in [-0.2, -0.15) is 4.89 Å². The van der Waals surface area contributed by atoms with Crippen LogP contribution in [0.5, 0.6) is 0 Å². The molecule has 6 aromatic rings. The first kappa shape index (κ1) is 44.0. The number of H-pyrrole nitrogens is 2. The number of nitrogens with zero attached hydrogens (tertiary/aromatic N) is 4. The Hall–Kier alpha value is -6.62. The molecular formula is C47H47ClN8O7S. The molecule has 330 valence electrons. The first-order valence-electron chi connectivity index (χ1n) is 20.8. The quantitative estimate of drug-likeness (QED) is 0.0260. The van der Waals surface area contributed by atoms with E-state index in [1.165, 1.54) is 7.11 Å². The van der Waals surface area contributed by atoms with Gasteiger partial charge in [-0.15, -0.1) is 0 Å². The van der Waals surface area contributed by atoms with Gasteiger partial charge in [-0.05, 0) is 47.1 Å². The molecule has 2 aliphatic rings. The maximum absolute atomic E-state index is 14.2. The molecule has 0 radical (unpaired) electrons. The second-order valence-corrected chi connectivity index (χ2v) is 17.7. The van der Waals surface area contributed by atoms with Gasteiger partial charge in [0.25, 0.3) is 5.91 Å². The lowest BCUT2D eigenvalue weighted by Gasteiger charge is -2.28. The van der Waals surface area contributed by atoms with Crippen LogP contribution in [0.25, 0.3) is 33.6 Å². The fourth-order valence-electron chi connectivity index (χ4n) is 8.50. The summed E-state index contributed by atoms with van der Waals surface area (Å²) in [5.41, 5.74) is 6.39. The number of alkyl carbamates (subject to hydrolysis) is 1. The minimum atomic E-state index is -1.20. The van der Waals surface area contributed by atoms with E-state index in [0.717, 1.165) is 39.9 Å². The molecule has 2 saturated heterocycles. The minimum Gasteiger partial charge on any atom is -0.453 e. The zero-order valence-corrected chi connectivity index (χ0v) is 36.7. The van der Waals surface area contributed by atoms with Gasteiger partial charge in [0.1, 0.15) is 35.1 Å². The number of rotatable bonds is 15. The van der Waals surface area contributed by atoms with E-state index in [1.807, 2.05) is 89.8 Å². The fourth-order valence-corrected chi connectivity index (χ4v) is 9.57. The van der Waals surface area contributed by atoms with Crippen molar-refractivity contribution in [2.24, 2.45) is 0 Å². The number of carbonyl (C=O) groups is 3. The maximum Gasteiger partial charge on any atom is 0.407 e. The molecule has 2 aromatic heterocycles. The number of methoxy groups -OCH3 is 1. The Morgan fingerprint density at radius 3 is 2.14 bits per heavy atom. The first-order chi connectivity index (χ1) is 31.1. The average Bonchev–Trinajstić information content (AvgIpc) is 4.17. The molecule has 6 atom stereocenters. The zero-order valence-electron chi connectivity index (χ0n) is 35.1. The number of hydrogen-bond donors (Lipinski definition) is 4. The molecule has 17 heteroatoms. The van der Waals surface area contributed by atoms with Gasteiger partial charge in [-0.25, -0.2) is 14.8 Å². The van der Waals surface area contributed by atoms with E-state index in [4.69, 9.17) is 41.5 Å². The molecule has 1 unspecified atom stereocenters. The Balaban J connectivity index is 0.960. The summed E-state index contributed by atoms with van der Waals surface area (Å²) in [7, 11) is 0.0437. The SMILES string of the molecule is COC(=O)N[C@H](C(=O)N1C[C@@H](S(C)=O)C[C@H]1c1ncc(-c2ccc(-c3ccc(-c4nc([C@@H]5CCCN5C(=O)[C@@H](COOC=N)c5ccccc5)[nH]c4Cl)cc3)cc2)[nH]1)c1ccccc1. The molecule has 0 spiro atoms. The molecule has 2 aliphatic heterocycles. The molecule has 4 aromatic carbocycles. The molecular weight excluding hydrogens is 856 g/mol. The molecule has 8 rings (SSSR count). The number of carbonyl (C=O) groups excluding carboxylic acids is 3. The van der Waals surface area contributed by atoms with Gasteiger partial charge in [0.05, 0.1) is 42.3 Å². The summed E-state index contributed by atoms with van der Waals surface area (Å²) in [6, 6.07) is 32.5. The van der Waals surface area contributed by atoms with E-state index < -0.39 is 34.9 Å². The van der Waals surface area contributed by atoms with E-state index in [1.54, 1.807) is 41.6 Å². The smallest absolute Gasteiger partial charge is 0.407 e. The third-order valence-electron chi connectivity index (χ3n) is 11.8. The Labute approximate surface area is 377 Å². The van der Waals surface area contributed by atoms with Gasteiger partial charge < -0.3 is 34.7 Å². The molecule has 0 bridgehead atoms. The lowest BCUT2D eigenvalue weighted by atomic mass is 9.98. The standard InChI is InChI=1S/C47H47ClN8O7S/c1-61-47(59)53-41(33-12-7-4-8-13-33)46(58)56-26-35(64(2)60)24-39(56)43-50-25-37(51-43)32-19-15-29(16-20-32)30-17-21-34(22-18-30)40-42(48)54-44(52-40)38-14-9-23-55(38)45(57)36(27-62-63-28-49)31-10-5-3-6-11-31/h3-8,10-13,15-22,25,28,35-36,38-39,41,49H,9,14,23-24,26-27H2,1-2H3,(H,50,51)(H,52,54)(H,53,59)/t35-,36-,38-,39-,41-,64?/m0/s1. The van der Waals surface area contributed by atoms with Gasteiger partial charge >= 0.3 is 6.09 Å². The van der Waals surface area contributed by atoms with Crippen LogP contribution in [0.4, 0.5) is 4.79 Å². The van der Waals surface area contributed by atoms with Crippen molar-refractivity contribution in [2.75, 3.05) is 33.1 Å². The lowest BCUT2D eigenvalue weighted by Crippen LogP contribution is -2.43. The van der Waals surface area contributed by atoms with E-state index in [2.05, 4.69) is 15.3 Å². The monoisotopic (exact) mass is 902 g/mol. The number of nitrogens with one attached hydrogen (secondary N) is 4. The number of halogens is 1. The third-order valence-corrected chi connectivity index (χ3v) is 13.4. The number of aromatic amines is 2. The van der Waals surface area contributed by atoms with Crippen LogP contribution in [-0.2, 0) is 34.9 Å². The highest BCUT2D eigenvalue weighted by Crippen LogP contribution is 2.39. The summed E-state index contributed by atoms with van der Waals surface area (Å²) < 4.78 is 17.6. The summed E-state index contributed by atoms with van der Waals surface area (Å²) in [5.74, 6) is 0.0577. The van der Waals surface area contributed by atoms with Crippen molar-refractivity contribution in [3.8, 4) is 33.6 Å². The van der Waals surface area contributed by atoms with Crippen molar-refractivity contribution < 1.29 is 33.1 Å². The first-order valence-corrected chi connectivity index (χ1v) is 22.8. The lowest BCUT2D eigenvalue weighted by molar-refractivity contribution is -0.221. The topological polar surface area (TPSA) is 196 Å². The number of amides is 3. The molecule has 3 amide bonds. The average molecular weight is 903 g/mol. The summed E-state index contributed by atoms with van der Waals surface area (Å²) >= 11 is 6.77. The second-order valence-electron chi connectivity index (χ2n) is 15.6. The second kappa shape index (κ2) is 19.8. The van der Waals surface area contributed by atoms with Crippen LogP contribution in [0.2, 0.25) is 5.15 Å². The van der Waals surface area contributed by atoms with Crippen molar-refractivity contribution in [1.29, 1.82) is 5.41 Å². The van der Waals surface area contributed by atoms with Gasteiger partial charge in [0.2, 0.25) is 12.3 Å². The highest BCUT2D eigenvalue weighted by atomic mass is 35.5. The largest absolute Gasteiger partial charge is 0.453 e. The highest BCUT2D eigenvalue weighted by Gasteiger charge is 2.43. The van der Waals surface area contributed by atoms with Gasteiger partial charge in [-0.1, -0.05) is 121 Å². The number of benzene rings is 4. The Kier molecular flexibility index (Phi) is 13.6. The van der Waals surface area contributed by atoms with Crippen LogP contribution in [0.3, 0.4) is 0 Å². The number of hydrogen-bond acceptors (Lipinski definition) is 10. The fraction of sp³-hybridized carbons (Fsp3) is 0.277. The predicted molar refractivity (Wildman–Crippen MR) is 242 cm³/mol. The Bertz CT molecular complexity index is 2610. The van der Waals surface area contributed by atoms with Crippen LogP contribution >= 0.6 is 11.6 Å². The Morgan fingerprint density at radius 2 is 1.50 bits per heavy atom. The molecule has 4 heterocycles. The van der Waals surface area contributed by atoms with Crippen LogP contribution in [0, 0.1) is 5.41 Å². The number of likely N-dealkylation sites (tertiary alicyclic amines) is 2. The molecule has 4 N–H and O–H groups in total. The molecule has 64 heavy (non-hydrogen) atoms. The van der Waals surface area contributed by atoms with Crippen molar-refractivity contribution in [3.05, 3.63) is 143 Å². The van der Waals surface area contributed by atoms with E-state index >= 15 is 0 Å². The van der Waals surface area contributed by atoms with E-state index in [0.29, 0.717) is 53.8 Å². The summed E-state index contributed by atoms with van der Waals surface area (Å²) in [4.78, 5) is 70.1. The maximum atomic E-state index is 14.2. The van der Waals surface area contributed by atoms with Crippen LogP contribution < -0.4 is 5.32 Å². The van der Waals surface area contributed by atoms with Gasteiger partial charge in [0, 0.05) is 35.7 Å². The number of imidazole rings is 2. The van der Waals surface area contributed by atoms with Crippen LogP contribution in [0.15, 0.2) is 115 Å². The van der Waals surface area contributed by atoms with E-state index in [-0.39, 0.29) is 36.3 Å². The van der Waals surface area contributed by atoms with Crippen molar-refractivity contribution in [1.82, 2.24) is 35.1 Å². The van der Waals surface area contributed by atoms with Gasteiger partial charge in [-0.3, -0.25) is 19.2 Å².